The summed E-state index contributed by atoms with van der Waals surface area (Å²) in [6, 6.07) is 0. The molecule has 0 aromatic heterocycles. The van der Waals surface area contributed by atoms with E-state index in [-0.39, 0.29) is 6.42 Å². The van der Waals surface area contributed by atoms with Gasteiger partial charge in [-0.25, -0.2) is 0 Å². The van der Waals surface area contributed by atoms with Gasteiger partial charge >= 0.3 is 5.97 Å². The molecule has 0 aromatic carbocycles. The highest BCUT2D eigenvalue weighted by Crippen LogP contribution is 2.03. The van der Waals surface area contributed by atoms with Gasteiger partial charge in [-0.1, -0.05) is 79.8 Å². The normalized spacial score (nSPS) is 16.6. The van der Waals surface area contributed by atoms with E-state index >= 15 is 0 Å². The summed E-state index contributed by atoms with van der Waals surface area (Å²) in [5.41, 5.74) is 0. The number of rotatable bonds is 14. The van der Waals surface area contributed by atoms with Crippen LogP contribution in [0.4, 0.5) is 0 Å². The Kier molecular flexibility index (Phi) is 15.8. The van der Waals surface area contributed by atoms with Gasteiger partial charge in [0.05, 0.1) is 18.3 Å². The first-order valence-electron chi connectivity index (χ1n) is 9.21. The molecule has 5 heteroatoms. The highest BCUT2D eigenvalue weighted by Gasteiger charge is 2.10. The van der Waals surface area contributed by atoms with Crippen molar-refractivity contribution in [3.8, 4) is 0 Å². The second-order valence-electron chi connectivity index (χ2n) is 5.92. The van der Waals surface area contributed by atoms with Crippen LogP contribution in [0.25, 0.3) is 0 Å². The second kappa shape index (κ2) is 17.2. The minimum atomic E-state index is -0.904. The first kappa shape index (κ1) is 24.8. The van der Waals surface area contributed by atoms with Crippen LogP contribution in [-0.4, -0.2) is 44.7 Å². The molecular weight excluding hydrogens is 344 g/mol. The highest BCUT2D eigenvalue weighted by molar-refractivity contribution is 5.66. The molecule has 0 fully saturated rings. The molecule has 0 aliphatic carbocycles. The molecule has 0 rings (SSSR count). The number of aliphatic hydroxyl groups is 3. The molecule has 0 amide bonds. The number of aliphatic hydroxyl groups excluding tert-OH is 3. The van der Waals surface area contributed by atoms with Crippen molar-refractivity contribution in [2.45, 2.75) is 57.3 Å². The quantitative estimate of drug-likeness (QED) is 0.275. The molecule has 0 radical (unpaired) electrons. The Morgan fingerprint density at radius 2 is 1.41 bits per heavy atom. The van der Waals surface area contributed by atoms with Crippen molar-refractivity contribution in [3.63, 3.8) is 0 Å². The standard InChI is InChI=1S/C22H32O5/c1-2-3-9-16-20(24)21(25)17-12-7-5-4-6-10-14-19(23)15-11-8-13-18-22(26)27/h3-12,14,17,19-21,23-25H,2,13,15-16,18H2,1H3,(H,26,27)/b6-4+,7-5+,9-3+,11-8+,14-10-,17-12+. The largest absolute Gasteiger partial charge is 0.481 e. The first-order chi connectivity index (χ1) is 13.0. The van der Waals surface area contributed by atoms with Crippen LogP contribution in [0.2, 0.25) is 0 Å². The van der Waals surface area contributed by atoms with E-state index in [1.54, 1.807) is 54.7 Å². The summed E-state index contributed by atoms with van der Waals surface area (Å²) in [5, 5.41) is 37.7. The van der Waals surface area contributed by atoms with Crippen LogP contribution in [0.5, 0.6) is 0 Å². The molecule has 3 atom stereocenters. The second-order valence-corrected chi connectivity index (χ2v) is 5.92. The van der Waals surface area contributed by atoms with Crippen LogP contribution in [0.3, 0.4) is 0 Å². The van der Waals surface area contributed by atoms with Crippen LogP contribution in [0.1, 0.15) is 39.0 Å². The number of hydrogen-bond donors (Lipinski definition) is 4. The van der Waals surface area contributed by atoms with Crippen LogP contribution < -0.4 is 0 Å². The summed E-state index contributed by atoms with van der Waals surface area (Å²) in [4.78, 5) is 10.3. The van der Waals surface area contributed by atoms with Gasteiger partial charge in [0.1, 0.15) is 0 Å². The molecule has 0 bridgehead atoms. The van der Waals surface area contributed by atoms with Crippen molar-refractivity contribution in [1.29, 1.82) is 0 Å². The molecule has 0 spiro atoms. The lowest BCUT2D eigenvalue weighted by atomic mass is 10.1. The fourth-order valence-corrected chi connectivity index (χ4v) is 1.94. The Bertz CT molecular complexity index is 555. The monoisotopic (exact) mass is 376 g/mol. The van der Waals surface area contributed by atoms with Crippen molar-refractivity contribution in [2.24, 2.45) is 0 Å². The fraction of sp³-hybridized carbons (Fsp3) is 0.409. The average molecular weight is 376 g/mol. The van der Waals surface area contributed by atoms with Gasteiger partial charge < -0.3 is 20.4 Å². The zero-order chi connectivity index (χ0) is 20.3. The van der Waals surface area contributed by atoms with E-state index in [1.165, 1.54) is 6.08 Å². The number of aliphatic carboxylic acids is 1. The zero-order valence-electron chi connectivity index (χ0n) is 15.9. The molecular formula is C22H32O5. The van der Waals surface area contributed by atoms with Crippen molar-refractivity contribution in [3.05, 3.63) is 72.9 Å². The average Bonchev–Trinajstić information content (AvgIpc) is 2.63. The van der Waals surface area contributed by atoms with E-state index in [0.717, 1.165) is 6.42 Å². The van der Waals surface area contributed by atoms with Gasteiger partial charge in [-0.05, 0) is 25.7 Å². The molecule has 0 heterocycles. The summed E-state index contributed by atoms with van der Waals surface area (Å²) in [6.07, 6.45) is 21.0. The fourth-order valence-electron chi connectivity index (χ4n) is 1.94. The maximum atomic E-state index is 10.3. The van der Waals surface area contributed by atoms with Gasteiger partial charge in [0.25, 0.3) is 0 Å². The lowest BCUT2D eigenvalue weighted by Gasteiger charge is -2.11. The van der Waals surface area contributed by atoms with Gasteiger partial charge in [0.2, 0.25) is 0 Å². The SMILES string of the molecule is CC/C=C/CC(O)C(O)/C=C/C=C/C=C/C=C\C(O)C/C=C/CCC(=O)O. The molecule has 0 saturated heterocycles. The molecule has 0 aromatic rings. The molecule has 0 aliphatic rings. The van der Waals surface area contributed by atoms with E-state index in [9.17, 15) is 20.1 Å². The van der Waals surface area contributed by atoms with Gasteiger partial charge in [0.15, 0.2) is 0 Å². The molecule has 27 heavy (non-hydrogen) atoms. The lowest BCUT2D eigenvalue weighted by molar-refractivity contribution is -0.136. The van der Waals surface area contributed by atoms with Crippen molar-refractivity contribution < 1.29 is 25.2 Å². The minimum Gasteiger partial charge on any atom is -0.481 e. The maximum absolute atomic E-state index is 10.3. The third-order valence-corrected chi connectivity index (χ3v) is 3.44. The van der Waals surface area contributed by atoms with E-state index in [2.05, 4.69) is 0 Å². The van der Waals surface area contributed by atoms with Crippen LogP contribution >= 0.6 is 0 Å². The Balaban J connectivity index is 4.03. The number of hydrogen-bond acceptors (Lipinski definition) is 4. The molecule has 3 unspecified atom stereocenters. The number of carboxylic acids is 1. The van der Waals surface area contributed by atoms with E-state index in [1.807, 2.05) is 19.1 Å². The Hall–Kier alpha value is -2.21. The van der Waals surface area contributed by atoms with Crippen LogP contribution in [0, 0.1) is 0 Å². The van der Waals surface area contributed by atoms with Gasteiger partial charge in [-0.15, -0.1) is 0 Å². The van der Waals surface area contributed by atoms with Gasteiger partial charge in [-0.2, -0.15) is 0 Å². The van der Waals surface area contributed by atoms with Crippen LogP contribution in [0.15, 0.2) is 72.9 Å². The number of allylic oxidation sites excluding steroid dienone is 8. The van der Waals surface area contributed by atoms with E-state index < -0.39 is 24.3 Å². The van der Waals surface area contributed by atoms with E-state index in [4.69, 9.17) is 5.11 Å². The zero-order valence-corrected chi connectivity index (χ0v) is 15.9. The molecule has 0 saturated carbocycles. The molecule has 5 nitrogen and oxygen atoms in total. The number of carbonyl (C=O) groups is 1. The summed E-state index contributed by atoms with van der Waals surface area (Å²) >= 11 is 0. The van der Waals surface area contributed by atoms with Gasteiger partial charge in [0, 0.05) is 6.42 Å². The summed E-state index contributed by atoms with van der Waals surface area (Å²) in [5.74, 6) is -0.831. The summed E-state index contributed by atoms with van der Waals surface area (Å²) in [6.45, 7) is 2.01. The van der Waals surface area contributed by atoms with Crippen molar-refractivity contribution in [2.75, 3.05) is 0 Å². The Morgan fingerprint density at radius 1 is 0.815 bits per heavy atom. The third kappa shape index (κ3) is 17.0. The Morgan fingerprint density at radius 3 is 2.04 bits per heavy atom. The minimum absolute atomic E-state index is 0.0951. The van der Waals surface area contributed by atoms with E-state index in [0.29, 0.717) is 19.3 Å². The van der Waals surface area contributed by atoms with Crippen molar-refractivity contribution in [1.82, 2.24) is 0 Å². The summed E-state index contributed by atoms with van der Waals surface area (Å²) < 4.78 is 0. The topological polar surface area (TPSA) is 98.0 Å². The van der Waals surface area contributed by atoms with Gasteiger partial charge in [-0.3, -0.25) is 4.79 Å². The first-order valence-corrected chi connectivity index (χ1v) is 9.21. The summed E-state index contributed by atoms with van der Waals surface area (Å²) in [7, 11) is 0. The molecule has 0 aliphatic heterocycles. The number of carboxylic acid groups (broad SMARTS) is 1. The van der Waals surface area contributed by atoms with Crippen LogP contribution in [-0.2, 0) is 4.79 Å². The third-order valence-electron chi connectivity index (χ3n) is 3.44. The highest BCUT2D eigenvalue weighted by atomic mass is 16.4. The maximum Gasteiger partial charge on any atom is 0.303 e. The predicted octanol–water partition coefficient (Wildman–Crippen LogP) is 3.46. The Labute approximate surface area is 162 Å². The van der Waals surface area contributed by atoms with Crippen molar-refractivity contribution >= 4 is 5.97 Å². The molecule has 4 N–H and O–H groups in total. The predicted molar refractivity (Wildman–Crippen MR) is 109 cm³/mol. The smallest absolute Gasteiger partial charge is 0.303 e. The molecule has 150 valence electrons. The lowest BCUT2D eigenvalue weighted by Crippen LogP contribution is -2.22.